The van der Waals surface area contributed by atoms with E-state index in [0.29, 0.717) is 24.7 Å². The van der Waals surface area contributed by atoms with Crippen LogP contribution >= 0.6 is 0 Å². The van der Waals surface area contributed by atoms with E-state index < -0.39 is 0 Å². The Labute approximate surface area is 179 Å². The second kappa shape index (κ2) is 8.97. The minimum absolute atomic E-state index is 0.172. The molecule has 0 spiro atoms. The van der Waals surface area contributed by atoms with E-state index in [1.54, 1.807) is 19.5 Å². The fraction of sp³-hybridized carbons (Fsp3) is 0.348. The summed E-state index contributed by atoms with van der Waals surface area (Å²) in [5.41, 5.74) is 4.28. The van der Waals surface area contributed by atoms with Crippen LogP contribution in [0, 0.1) is 0 Å². The Morgan fingerprint density at radius 1 is 1.16 bits per heavy atom. The number of para-hydroxylation sites is 1. The number of pyridine rings is 1. The van der Waals surface area contributed by atoms with Crippen molar-refractivity contribution in [3.63, 3.8) is 0 Å². The van der Waals surface area contributed by atoms with Gasteiger partial charge >= 0.3 is 0 Å². The summed E-state index contributed by atoms with van der Waals surface area (Å²) in [4.78, 5) is 4.45. The van der Waals surface area contributed by atoms with Crippen LogP contribution in [-0.2, 0) is 27.4 Å². The highest BCUT2D eigenvalue weighted by atomic mass is 16.7. The maximum absolute atomic E-state index is 5.81. The van der Waals surface area contributed by atoms with Crippen molar-refractivity contribution in [1.29, 1.82) is 0 Å². The van der Waals surface area contributed by atoms with Gasteiger partial charge in [-0.2, -0.15) is 5.10 Å². The van der Waals surface area contributed by atoms with Crippen molar-refractivity contribution >= 4 is 10.9 Å². The maximum atomic E-state index is 5.81. The lowest BCUT2D eigenvalue weighted by atomic mass is 10.1. The van der Waals surface area contributed by atoms with Crippen LogP contribution in [0.3, 0.4) is 0 Å². The minimum Gasteiger partial charge on any atom is -0.378 e. The molecule has 1 aliphatic rings. The first-order chi connectivity index (χ1) is 15.3. The molecule has 0 N–H and O–H groups in total. The molecule has 160 valence electrons. The van der Waals surface area contributed by atoms with Gasteiger partial charge in [-0.25, -0.2) is 4.68 Å². The average Bonchev–Trinajstić information content (AvgIpc) is 3.45. The summed E-state index contributed by atoms with van der Waals surface area (Å²) in [6.45, 7) is 1.44. The number of hydrogen-bond donors (Lipinski definition) is 0. The molecule has 0 saturated carbocycles. The van der Waals surface area contributed by atoms with Gasteiger partial charge in [0, 0.05) is 36.9 Å². The largest absolute Gasteiger partial charge is 0.378 e. The lowest BCUT2D eigenvalue weighted by Gasteiger charge is -2.21. The third-order valence-corrected chi connectivity index (χ3v) is 5.39. The van der Waals surface area contributed by atoms with Crippen LogP contribution in [-0.4, -0.2) is 39.9 Å². The number of ether oxygens (including phenoxy) is 3. The smallest absolute Gasteiger partial charge is 0.163 e. The van der Waals surface area contributed by atoms with Gasteiger partial charge in [0.25, 0.3) is 0 Å². The zero-order chi connectivity index (χ0) is 21.0. The van der Waals surface area contributed by atoms with Crippen LogP contribution in [0.2, 0.25) is 0 Å². The van der Waals surface area contributed by atoms with Crippen LogP contribution in [0.1, 0.15) is 30.7 Å². The molecule has 1 fully saturated rings. The fourth-order valence-electron chi connectivity index (χ4n) is 3.86. The number of aromatic nitrogens is 4. The molecule has 0 amide bonds. The number of nitrogens with zero attached hydrogens (tertiary/aromatic N) is 4. The van der Waals surface area contributed by atoms with Crippen LogP contribution in [0.4, 0.5) is 0 Å². The van der Waals surface area contributed by atoms with Crippen molar-refractivity contribution in [3.8, 4) is 16.9 Å². The van der Waals surface area contributed by atoms with Gasteiger partial charge in [0.05, 0.1) is 29.7 Å². The molecule has 0 aliphatic carbocycles. The van der Waals surface area contributed by atoms with Crippen LogP contribution < -0.4 is 0 Å². The van der Waals surface area contributed by atoms with Crippen molar-refractivity contribution < 1.29 is 18.7 Å². The van der Waals surface area contributed by atoms with Gasteiger partial charge in [-0.15, -0.1) is 0 Å². The van der Waals surface area contributed by atoms with Gasteiger partial charge in [-0.05, 0) is 31.4 Å². The van der Waals surface area contributed by atoms with Crippen molar-refractivity contribution in [1.82, 2.24) is 19.9 Å². The van der Waals surface area contributed by atoms with E-state index in [4.69, 9.17) is 18.7 Å². The SMILES string of the molecule is COCc1c(-c2cc(COC3CCCCO3)on2)cnn1-c1ccnc2ccccc12. The Morgan fingerprint density at radius 3 is 2.97 bits per heavy atom. The minimum atomic E-state index is -0.172. The predicted octanol–water partition coefficient (Wildman–Crippen LogP) is 4.27. The van der Waals surface area contributed by atoms with E-state index in [0.717, 1.165) is 53.7 Å². The first kappa shape index (κ1) is 19.9. The Kier molecular flexibility index (Phi) is 5.75. The van der Waals surface area contributed by atoms with Gasteiger partial charge in [0.2, 0.25) is 0 Å². The van der Waals surface area contributed by atoms with Crippen molar-refractivity contribution in [3.05, 3.63) is 60.2 Å². The number of benzene rings is 1. The summed E-state index contributed by atoms with van der Waals surface area (Å²) in [7, 11) is 1.66. The molecule has 3 aromatic heterocycles. The van der Waals surface area contributed by atoms with Crippen molar-refractivity contribution in [2.75, 3.05) is 13.7 Å². The molecule has 8 nitrogen and oxygen atoms in total. The summed E-state index contributed by atoms with van der Waals surface area (Å²) in [5.74, 6) is 0.648. The summed E-state index contributed by atoms with van der Waals surface area (Å²) in [5, 5.41) is 9.89. The molecule has 5 rings (SSSR count). The zero-order valence-corrected chi connectivity index (χ0v) is 17.4. The Hall–Kier alpha value is -3.07. The monoisotopic (exact) mass is 420 g/mol. The summed E-state index contributed by atoms with van der Waals surface area (Å²) >= 11 is 0. The van der Waals surface area contributed by atoms with E-state index in [-0.39, 0.29) is 6.29 Å². The van der Waals surface area contributed by atoms with E-state index >= 15 is 0 Å². The average molecular weight is 420 g/mol. The molecule has 1 atom stereocenters. The van der Waals surface area contributed by atoms with Crippen LogP contribution in [0.5, 0.6) is 0 Å². The Bertz CT molecular complexity index is 1160. The van der Waals surface area contributed by atoms with Gasteiger partial charge in [0.1, 0.15) is 12.3 Å². The van der Waals surface area contributed by atoms with Gasteiger partial charge in [0.15, 0.2) is 12.1 Å². The Balaban J connectivity index is 1.44. The zero-order valence-electron chi connectivity index (χ0n) is 17.4. The molecule has 31 heavy (non-hydrogen) atoms. The lowest BCUT2D eigenvalue weighted by molar-refractivity contribution is -0.171. The molecule has 0 bridgehead atoms. The lowest BCUT2D eigenvalue weighted by Crippen LogP contribution is -2.21. The fourth-order valence-corrected chi connectivity index (χ4v) is 3.86. The first-order valence-electron chi connectivity index (χ1n) is 10.4. The van der Waals surface area contributed by atoms with Crippen LogP contribution in [0.15, 0.2) is 53.3 Å². The highest BCUT2D eigenvalue weighted by Gasteiger charge is 2.20. The van der Waals surface area contributed by atoms with Crippen molar-refractivity contribution in [2.45, 2.75) is 38.8 Å². The normalized spacial score (nSPS) is 16.7. The van der Waals surface area contributed by atoms with Crippen molar-refractivity contribution in [2.24, 2.45) is 0 Å². The van der Waals surface area contributed by atoms with E-state index in [9.17, 15) is 0 Å². The summed E-state index contributed by atoms with van der Waals surface area (Å²) in [6.07, 6.45) is 6.52. The predicted molar refractivity (Wildman–Crippen MR) is 113 cm³/mol. The van der Waals surface area contributed by atoms with E-state index in [1.165, 1.54) is 0 Å². The van der Waals surface area contributed by atoms with E-state index in [1.807, 2.05) is 41.1 Å². The topological polar surface area (TPSA) is 84.4 Å². The molecule has 1 unspecified atom stereocenters. The molecule has 4 heterocycles. The van der Waals surface area contributed by atoms with Gasteiger partial charge in [-0.1, -0.05) is 23.4 Å². The highest BCUT2D eigenvalue weighted by Crippen LogP contribution is 2.29. The molecule has 1 aromatic carbocycles. The molecule has 8 heteroatoms. The molecule has 1 saturated heterocycles. The molecule has 0 radical (unpaired) electrons. The number of fused-ring (bicyclic) bond motifs is 1. The molecule has 1 aliphatic heterocycles. The third-order valence-electron chi connectivity index (χ3n) is 5.39. The number of hydrogen-bond acceptors (Lipinski definition) is 7. The van der Waals surface area contributed by atoms with Crippen LogP contribution in [0.25, 0.3) is 27.8 Å². The Morgan fingerprint density at radius 2 is 2.10 bits per heavy atom. The maximum Gasteiger partial charge on any atom is 0.163 e. The summed E-state index contributed by atoms with van der Waals surface area (Å²) in [6, 6.07) is 11.8. The highest BCUT2D eigenvalue weighted by molar-refractivity contribution is 5.87. The number of methoxy groups -OCH3 is 1. The third kappa shape index (κ3) is 4.10. The standard InChI is InChI=1S/C23H24N4O4/c1-28-15-22-18(20-12-16(31-26-20)14-30-23-8-4-5-11-29-23)13-25-27(22)21-9-10-24-19-7-3-2-6-17(19)21/h2-3,6-7,9-10,12-13,23H,4-5,8,11,14-15H2,1H3. The second-order valence-corrected chi connectivity index (χ2v) is 7.48. The van der Waals surface area contributed by atoms with Gasteiger partial charge < -0.3 is 18.7 Å². The summed E-state index contributed by atoms with van der Waals surface area (Å²) < 4.78 is 24.3. The quantitative estimate of drug-likeness (QED) is 0.441. The number of rotatable bonds is 7. The molecular weight excluding hydrogens is 396 g/mol. The van der Waals surface area contributed by atoms with Gasteiger partial charge in [-0.3, -0.25) is 4.98 Å². The first-order valence-corrected chi connectivity index (χ1v) is 10.4. The second-order valence-electron chi connectivity index (χ2n) is 7.48. The molecular formula is C23H24N4O4. The molecule has 4 aromatic rings. The van der Waals surface area contributed by atoms with E-state index in [2.05, 4.69) is 15.2 Å².